The van der Waals surface area contributed by atoms with Crippen LogP contribution >= 0.6 is 0 Å². The van der Waals surface area contributed by atoms with Gasteiger partial charge in [0.1, 0.15) is 29.5 Å². The molecule has 0 heterocycles. The highest BCUT2D eigenvalue weighted by Gasteiger charge is 2.36. The molecule has 0 aliphatic carbocycles. The highest BCUT2D eigenvalue weighted by molar-refractivity contribution is 5.95. The van der Waals surface area contributed by atoms with E-state index in [1.807, 2.05) is 18.2 Å². The molecule has 1 unspecified atom stereocenters. The molecule has 0 spiro atoms. The second-order valence-corrected chi connectivity index (χ2v) is 11.5. The fourth-order valence-corrected chi connectivity index (χ4v) is 2.94. The SMILES string of the molecule is CC(C)(C)OC(=O)N[C@@H](CCC(C(=O)OCc1ccccc1)C(=O)OC(C)(C)C)C(=O)OC(C)(C)C. The lowest BCUT2D eigenvalue weighted by molar-refractivity contribution is -0.171. The fraction of sp³-hybridized carbons (Fsp3) is 0.630. The van der Waals surface area contributed by atoms with Gasteiger partial charge in [0, 0.05) is 0 Å². The number of ether oxygens (including phenoxy) is 4. The molecule has 0 saturated carbocycles. The third-order valence-electron chi connectivity index (χ3n) is 4.33. The zero-order valence-electron chi connectivity index (χ0n) is 22.9. The fourth-order valence-electron chi connectivity index (χ4n) is 2.94. The smallest absolute Gasteiger partial charge is 0.408 e. The first-order valence-electron chi connectivity index (χ1n) is 12.0. The number of nitrogens with one attached hydrogen (secondary N) is 1. The lowest BCUT2D eigenvalue weighted by atomic mass is 9.99. The molecular formula is C27H41NO8. The van der Waals surface area contributed by atoms with Crippen molar-refractivity contribution in [3.05, 3.63) is 35.9 Å². The van der Waals surface area contributed by atoms with E-state index in [4.69, 9.17) is 18.9 Å². The van der Waals surface area contributed by atoms with Crippen molar-refractivity contribution in [2.75, 3.05) is 0 Å². The molecule has 0 aromatic heterocycles. The highest BCUT2D eigenvalue weighted by Crippen LogP contribution is 2.20. The predicted molar refractivity (Wildman–Crippen MR) is 134 cm³/mol. The molecule has 0 bridgehead atoms. The normalized spacial score (nSPS) is 13.7. The molecular weight excluding hydrogens is 466 g/mol. The summed E-state index contributed by atoms with van der Waals surface area (Å²) in [6.45, 7) is 15.2. The van der Waals surface area contributed by atoms with Crippen LogP contribution < -0.4 is 5.32 Å². The third-order valence-corrected chi connectivity index (χ3v) is 4.33. The van der Waals surface area contributed by atoms with Gasteiger partial charge in [-0.1, -0.05) is 30.3 Å². The van der Waals surface area contributed by atoms with Gasteiger partial charge in [-0.25, -0.2) is 9.59 Å². The maximum atomic E-state index is 12.9. The molecule has 1 aromatic rings. The van der Waals surface area contributed by atoms with Gasteiger partial charge in [0.2, 0.25) is 0 Å². The molecule has 36 heavy (non-hydrogen) atoms. The van der Waals surface area contributed by atoms with Gasteiger partial charge < -0.3 is 24.3 Å². The third kappa shape index (κ3) is 13.1. The molecule has 9 heteroatoms. The van der Waals surface area contributed by atoms with E-state index in [1.165, 1.54) is 0 Å². The minimum absolute atomic E-state index is 0.0232. The van der Waals surface area contributed by atoms with Crippen LogP contribution in [0, 0.1) is 5.92 Å². The van der Waals surface area contributed by atoms with Crippen LogP contribution in [0.4, 0.5) is 4.79 Å². The topological polar surface area (TPSA) is 117 Å². The van der Waals surface area contributed by atoms with Crippen molar-refractivity contribution in [2.24, 2.45) is 5.92 Å². The molecule has 0 fully saturated rings. The number of alkyl carbamates (subject to hydrolysis) is 1. The first-order chi connectivity index (χ1) is 16.4. The highest BCUT2D eigenvalue weighted by atomic mass is 16.6. The van der Waals surface area contributed by atoms with Gasteiger partial charge in [-0.2, -0.15) is 0 Å². The molecule has 1 N–H and O–H groups in total. The molecule has 2 atom stereocenters. The molecule has 0 radical (unpaired) electrons. The standard InChI is InChI=1S/C27H41NO8/c1-25(2,3)34-22(30)19(21(29)33-17-18-13-11-10-12-14-18)15-16-20(23(31)35-26(4,5)6)28-24(32)36-27(7,8)9/h10-14,19-20H,15-17H2,1-9H3,(H,28,32)/t19?,20-/m0/s1. The van der Waals surface area contributed by atoms with E-state index in [0.29, 0.717) is 0 Å². The van der Waals surface area contributed by atoms with E-state index in [-0.39, 0.29) is 19.4 Å². The first-order valence-corrected chi connectivity index (χ1v) is 12.0. The summed E-state index contributed by atoms with van der Waals surface area (Å²) in [4.78, 5) is 51.0. The minimum Gasteiger partial charge on any atom is -0.460 e. The number of carbonyl (C=O) groups excluding carboxylic acids is 4. The minimum atomic E-state index is -1.31. The van der Waals surface area contributed by atoms with Crippen LogP contribution in [0.2, 0.25) is 0 Å². The van der Waals surface area contributed by atoms with Gasteiger partial charge in [0.25, 0.3) is 0 Å². The monoisotopic (exact) mass is 507 g/mol. The van der Waals surface area contributed by atoms with E-state index in [9.17, 15) is 19.2 Å². The van der Waals surface area contributed by atoms with Crippen molar-refractivity contribution < 1.29 is 38.1 Å². The summed E-state index contributed by atoms with van der Waals surface area (Å²) in [7, 11) is 0. The maximum absolute atomic E-state index is 12.9. The van der Waals surface area contributed by atoms with E-state index in [1.54, 1.807) is 74.4 Å². The largest absolute Gasteiger partial charge is 0.460 e. The summed E-state index contributed by atoms with van der Waals surface area (Å²) in [6, 6.07) is 7.87. The molecule has 0 aliphatic heterocycles. The van der Waals surface area contributed by atoms with E-state index < -0.39 is 52.8 Å². The van der Waals surface area contributed by atoms with Gasteiger partial charge in [0.15, 0.2) is 5.92 Å². The van der Waals surface area contributed by atoms with Crippen LogP contribution in [0.15, 0.2) is 30.3 Å². The molecule has 1 amide bonds. The van der Waals surface area contributed by atoms with Gasteiger partial charge >= 0.3 is 24.0 Å². The number of hydrogen-bond acceptors (Lipinski definition) is 8. The Morgan fingerprint density at radius 2 is 1.19 bits per heavy atom. The number of hydrogen-bond donors (Lipinski definition) is 1. The second-order valence-electron chi connectivity index (χ2n) is 11.5. The zero-order chi connectivity index (χ0) is 27.7. The van der Waals surface area contributed by atoms with Gasteiger partial charge in [-0.3, -0.25) is 9.59 Å². The predicted octanol–water partition coefficient (Wildman–Crippen LogP) is 4.70. The van der Waals surface area contributed by atoms with Crippen LogP contribution in [0.25, 0.3) is 0 Å². The van der Waals surface area contributed by atoms with Gasteiger partial charge in [-0.05, 0) is 80.7 Å². The van der Waals surface area contributed by atoms with Crippen LogP contribution in [0.5, 0.6) is 0 Å². The molecule has 9 nitrogen and oxygen atoms in total. The van der Waals surface area contributed by atoms with Gasteiger partial charge in [-0.15, -0.1) is 0 Å². The Balaban J connectivity index is 3.06. The quantitative estimate of drug-likeness (QED) is 0.290. The number of carbonyl (C=O) groups is 4. The number of esters is 3. The lowest BCUT2D eigenvalue weighted by Crippen LogP contribution is -2.46. The average molecular weight is 508 g/mol. The molecule has 1 aromatic carbocycles. The lowest BCUT2D eigenvalue weighted by Gasteiger charge is -2.27. The molecule has 0 saturated heterocycles. The van der Waals surface area contributed by atoms with Crippen molar-refractivity contribution in [2.45, 2.75) is 105 Å². The Morgan fingerprint density at radius 1 is 0.694 bits per heavy atom. The van der Waals surface area contributed by atoms with Crippen molar-refractivity contribution in [1.29, 1.82) is 0 Å². The number of benzene rings is 1. The summed E-state index contributed by atoms with van der Waals surface area (Å²) >= 11 is 0. The summed E-state index contributed by atoms with van der Waals surface area (Å²) < 4.78 is 21.5. The summed E-state index contributed by atoms with van der Waals surface area (Å²) in [5.74, 6) is -3.58. The maximum Gasteiger partial charge on any atom is 0.408 e. The Kier molecular flexibility index (Phi) is 10.9. The summed E-state index contributed by atoms with van der Waals surface area (Å²) in [5, 5.41) is 2.50. The second kappa shape index (κ2) is 12.7. The first kappa shape index (κ1) is 30.9. The van der Waals surface area contributed by atoms with E-state index in [0.717, 1.165) is 5.56 Å². The van der Waals surface area contributed by atoms with Crippen LogP contribution in [-0.2, 0) is 39.9 Å². The van der Waals surface area contributed by atoms with Crippen molar-refractivity contribution in [3.8, 4) is 0 Å². The van der Waals surface area contributed by atoms with Crippen LogP contribution in [-0.4, -0.2) is 46.8 Å². The molecule has 202 valence electrons. The van der Waals surface area contributed by atoms with Crippen molar-refractivity contribution in [1.82, 2.24) is 5.32 Å². The van der Waals surface area contributed by atoms with Crippen molar-refractivity contribution in [3.63, 3.8) is 0 Å². The van der Waals surface area contributed by atoms with Gasteiger partial charge in [0.05, 0.1) is 0 Å². The van der Waals surface area contributed by atoms with Crippen LogP contribution in [0.1, 0.15) is 80.7 Å². The van der Waals surface area contributed by atoms with Crippen molar-refractivity contribution >= 4 is 24.0 Å². The van der Waals surface area contributed by atoms with Crippen LogP contribution in [0.3, 0.4) is 0 Å². The Hall–Kier alpha value is -3.10. The number of rotatable bonds is 9. The summed E-state index contributed by atoms with van der Waals surface area (Å²) in [6.07, 6.45) is -1.03. The Labute approximate surface area is 214 Å². The Morgan fingerprint density at radius 3 is 1.69 bits per heavy atom. The molecule has 1 rings (SSSR count). The zero-order valence-corrected chi connectivity index (χ0v) is 22.9. The van der Waals surface area contributed by atoms with E-state index >= 15 is 0 Å². The average Bonchev–Trinajstić information content (AvgIpc) is 2.68. The Bertz CT molecular complexity index is 891. The molecule has 0 aliphatic rings. The number of amides is 1. The van der Waals surface area contributed by atoms with E-state index in [2.05, 4.69) is 5.32 Å². The summed E-state index contributed by atoms with van der Waals surface area (Å²) in [5.41, 5.74) is -1.69.